The van der Waals surface area contributed by atoms with E-state index < -0.39 is 5.97 Å². The predicted molar refractivity (Wildman–Crippen MR) is 109 cm³/mol. The van der Waals surface area contributed by atoms with E-state index in [2.05, 4.69) is 4.98 Å². The predicted octanol–water partition coefficient (Wildman–Crippen LogP) is 5.00. The standard InChI is InChI=1S/C24H15NO4/c26-23-19-11-10-17(28-24(27)15-6-2-1-3-7-15)13-21(19)29-22(23)12-16-14-25-20-9-5-4-8-18(16)20/h1-14,25H/b22-12+. The molecule has 0 bridgehead atoms. The van der Waals surface area contributed by atoms with Gasteiger partial charge in [-0.15, -0.1) is 0 Å². The molecule has 5 heteroatoms. The molecule has 140 valence electrons. The highest BCUT2D eigenvalue weighted by Gasteiger charge is 2.28. The van der Waals surface area contributed by atoms with Gasteiger partial charge in [0.05, 0.1) is 11.1 Å². The monoisotopic (exact) mass is 381 g/mol. The lowest BCUT2D eigenvalue weighted by atomic mass is 10.1. The minimum Gasteiger partial charge on any atom is -0.452 e. The number of ketones is 1. The number of nitrogens with one attached hydrogen (secondary N) is 1. The topological polar surface area (TPSA) is 68.4 Å². The Bertz CT molecular complexity index is 1280. The fourth-order valence-electron chi connectivity index (χ4n) is 3.33. The second-order valence-corrected chi connectivity index (χ2v) is 6.64. The van der Waals surface area contributed by atoms with Crippen LogP contribution in [0.5, 0.6) is 11.5 Å². The first-order chi connectivity index (χ1) is 14.2. The van der Waals surface area contributed by atoms with E-state index in [4.69, 9.17) is 9.47 Å². The number of carbonyl (C=O) groups excluding carboxylic acids is 2. The summed E-state index contributed by atoms with van der Waals surface area (Å²) >= 11 is 0. The summed E-state index contributed by atoms with van der Waals surface area (Å²) in [7, 11) is 0. The summed E-state index contributed by atoms with van der Waals surface area (Å²) in [6, 6.07) is 21.3. The minimum atomic E-state index is -0.468. The average molecular weight is 381 g/mol. The Labute approximate surface area is 166 Å². The number of H-pyrrole nitrogens is 1. The van der Waals surface area contributed by atoms with E-state index in [1.54, 1.807) is 48.5 Å². The lowest BCUT2D eigenvalue weighted by Crippen LogP contribution is -2.08. The molecule has 1 aliphatic heterocycles. The Morgan fingerprint density at radius 2 is 1.76 bits per heavy atom. The van der Waals surface area contributed by atoms with Crippen LogP contribution in [0.25, 0.3) is 17.0 Å². The quantitative estimate of drug-likeness (QED) is 0.308. The molecule has 3 aromatic carbocycles. The molecule has 1 N–H and O–H groups in total. The maximum atomic E-state index is 12.7. The summed E-state index contributed by atoms with van der Waals surface area (Å²) in [5, 5.41) is 1.00. The first-order valence-electron chi connectivity index (χ1n) is 9.11. The molecule has 29 heavy (non-hydrogen) atoms. The van der Waals surface area contributed by atoms with Gasteiger partial charge in [0.15, 0.2) is 5.76 Å². The summed E-state index contributed by atoms with van der Waals surface area (Å²) < 4.78 is 11.2. The zero-order valence-electron chi connectivity index (χ0n) is 15.2. The summed E-state index contributed by atoms with van der Waals surface area (Å²) in [6.07, 6.45) is 3.56. The van der Waals surface area contributed by atoms with Gasteiger partial charge < -0.3 is 14.5 Å². The molecule has 1 aliphatic rings. The van der Waals surface area contributed by atoms with Crippen LogP contribution in [-0.2, 0) is 0 Å². The third-order valence-corrected chi connectivity index (χ3v) is 4.77. The Morgan fingerprint density at radius 1 is 0.966 bits per heavy atom. The zero-order chi connectivity index (χ0) is 19.8. The molecule has 0 amide bonds. The van der Waals surface area contributed by atoms with Crippen molar-refractivity contribution >= 4 is 28.7 Å². The van der Waals surface area contributed by atoms with Crippen molar-refractivity contribution in [2.75, 3.05) is 0 Å². The molecule has 0 spiro atoms. The van der Waals surface area contributed by atoms with Gasteiger partial charge in [0.25, 0.3) is 0 Å². The van der Waals surface area contributed by atoms with Crippen molar-refractivity contribution < 1.29 is 19.1 Å². The Morgan fingerprint density at radius 3 is 2.62 bits per heavy atom. The van der Waals surface area contributed by atoms with Crippen LogP contribution >= 0.6 is 0 Å². The summed E-state index contributed by atoms with van der Waals surface area (Å²) in [5.41, 5.74) is 2.74. The summed E-state index contributed by atoms with van der Waals surface area (Å²) in [4.78, 5) is 28.1. The number of hydrogen-bond acceptors (Lipinski definition) is 4. The molecule has 0 saturated carbocycles. The Kier molecular flexibility index (Phi) is 3.99. The van der Waals surface area contributed by atoms with E-state index in [9.17, 15) is 9.59 Å². The van der Waals surface area contributed by atoms with Crippen molar-refractivity contribution in [3.05, 3.63) is 101 Å². The molecule has 1 aromatic heterocycles. The van der Waals surface area contributed by atoms with Gasteiger partial charge in [0.2, 0.25) is 5.78 Å². The second-order valence-electron chi connectivity index (χ2n) is 6.64. The molecule has 2 heterocycles. The van der Waals surface area contributed by atoms with Gasteiger partial charge in [-0.25, -0.2) is 4.79 Å². The number of ether oxygens (including phenoxy) is 2. The molecule has 0 fully saturated rings. The van der Waals surface area contributed by atoms with E-state index in [1.807, 2.05) is 36.5 Å². The van der Waals surface area contributed by atoms with Crippen LogP contribution in [0.3, 0.4) is 0 Å². The minimum absolute atomic E-state index is 0.203. The van der Waals surface area contributed by atoms with Gasteiger partial charge in [-0.3, -0.25) is 4.79 Å². The van der Waals surface area contributed by atoms with Crippen LogP contribution in [0.2, 0.25) is 0 Å². The maximum Gasteiger partial charge on any atom is 0.343 e. The molecular formula is C24H15NO4. The number of hydrogen-bond donors (Lipinski definition) is 1. The summed E-state index contributed by atoms with van der Waals surface area (Å²) in [6.45, 7) is 0. The van der Waals surface area contributed by atoms with E-state index in [1.165, 1.54) is 0 Å². The molecular weight excluding hydrogens is 366 g/mol. The van der Waals surface area contributed by atoms with Crippen molar-refractivity contribution in [3.63, 3.8) is 0 Å². The van der Waals surface area contributed by atoms with Gasteiger partial charge in [-0.05, 0) is 36.4 Å². The van der Waals surface area contributed by atoms with Crippen molar-refractivity contribution in [2.45, 2.75) is 0 Å². The number of fused-ring (bicyclic) bond motifs is 2. The van der Waals surface area contributed by atoms with Crippen LogP contribution in [0.1, 0.15) is 26.3 Å². The second kappa shape index (κ2) is 6.80. The largest absolute Gasteiger partial charge is 0.452 e. The van der Waals surface area contributed by atoms with Crippen molar-refractivity contribution in [2.24, 2.45) is 0 Å². The Hall–Kier alpha value is -4.12. The normalized spacial score (nSPS) is 14.1. The fourth-order valence-corrected chi connectivity index (χ4v) is 3.33. The van der Waals surface area contributed by atoms with Gasteiger partial charge in [0.1, 0.15) is 11.5 Å². The molecule has 0 aliphatic carbocycles. The number of para-hydroxylation sites is 1. The molecule has 5 rings (SSSR count). The van der Waals surface area contributed by atoms with Gasteiger partial charge in [-0.2, -0.15) is 0 Å². The SMILES string of the molecule is O=C(Oc1ccc2c(c1)O/C(=C/c1c[nH]c3ccccc13)C2=O)c1ccccc1. The smallest absolute Gasteiger partial charge is 0.343 e. The number of esters is 1. The lowest BCUT2D eigenvalue weighted by molar-refractivity contribution is 0.0734. The third-order valence-electron chi connectivity index (χ3n) is 4.77. The summed E-state index contributed by atoms with van der Waals surface area (Å²) in [5.74, 6) is 0.255. The number of benzene rings is 3. The van der Waals surface area contributed by atoms with Crippen molar-refractivity contribution in [3.8, 4) is 11.5 Å². The number of allylic oxidation sites excluding steroid dienone is 1. The van der Waals surface area contributed by atoms with E-state index in [0.717, 1.165) is 16.5 Å². The zero-order valence-corrected chi connectivity index (χ0v) is 15.2. The van der Waals surface area contributed by atoms with Crippen molar-refractivity contribution in [1.29, 1.82) is 0 Å². The van der Waals surface area contributed by atoms with Gasteiger partial charge in [0, 0.05) is 28.7 Å². The van der Waals surface area contributed by atoms with Crippen LogP contribution in [0.15, 0.2) is 84.8 Å². The number of rotatable bonds is 3. The van der Waals surface area contributed by atoms with Crippen LogP contribution < -0.4 is 9.47 Å². The molecule has 0 radical (unpaired) electrons. The molecule has 0 saturated heterocycles. The average Bonchev–Trinajstić information content (AvgIpc) is 3.30. The molecule has 5 nitrogen and oxygen atoms in total. The van der Waals surface area contributed by atoms with Crippen molar-refractivity contribution in [1.82, 2.24) is 4.98 Å². The third kappa shape index (κ3) is 3.08. The lowest BCUT2D eigenvalue weighted by Gasteiger charge is -2.05. The van der Waals surface area contributed by atoms with Crippen LogP contribution in [0, 0.1) is 0 Å². The highest BCUT2D eigenvalue weighted by Crippen LogP contribution is 2.35. The van der Waals surface area contributed by atoms with E-state index in [-0.39, 0.29) is 11.5 Å². The first-order valence-corrected chi connectivity index (χ1v) is 9.11. The van der Waals surface area contributed by atoms with E-state index in [0.29, 0.717) is 22.6 Å². The molecule has 0 unspecified atom stereocenters. The Balaban J connectivity index is 1.41. The van der Waals surface area contributed by atoms with Crippen LogP contribution in [0.4, 0.5) is 0 Å². The highest BCUT2D eigenvalue weighted by molar-refractivity contribution is 6.15. The number of aromatic nitrogens is 1. The number of carbonyl (C=O) groups is 2. The fraction of sp³-hybridized carbons (Fsp3) is 0. The van der Waals surface area contributed by atoms with Gasteiger partial charge in [-0.1, -0.05) is 36.4 Å². The van der Waals surface area contributed by atoms with E-state index >= 15 is 0 Å². The molecule has 0 atom stereocenters. The highest BCUT2D eigenvalue weighted by atomic mass is 16.5. The first kappa shape index (κ1) is 17.0. The maximum absolute atomic E-state index is 12.7. The van der Waals surface area contributed by atoms with Crippen LogP contribution in [-0.4, -0.2) is 16.7 Å². The molecule has 4 aromatic rings. The number of aromatic amines is 1. The van der Waals surface area contributed by atoms with Gasteiger partial charge >= 0.3 is 5.97 Å². The number of Topliss-reactive ketones (excluding diaryl/α,β-unsaturated/α-hetero) is 1.